The van der Waals surface area contributed by atoms with E-state index in [9.17, 15) is 40.5 Å². The van der Waals surface area contributed by atoms with E-state index in [0.717, 1.165) is 0 Å². The number of nitrogens with zero attached hydrogens (tertiary/aromatic N) is 4. The monoisotopic (exact) mass is 444 g/mol. The molecule has 0 rings (SSSR count). The smallest absolute Gasteiger partial charge is 0.262 e. The first kappa shape index (κ1) is 29.6. The first-order chi connectivity index (χ1) is 13.9. The highest BCUT2D eigenvalue weighted by Gasteiger charge is 2.43. The molecule has 0 aromatic rings. The van der Waals surface area contributed by atoms with Crippen molar-refractivity contribution in [2.75, 3.05) is 26.9 Å². The Balaban J connectivity index is 0. The molecule has 16 heteroatoms. The molecule has 0 aliphatic rings. The van der Waals surface area contributed by atoms with E-state index in [1.165, 1.54) is 25.7 Å². The summed E-state index contributed by atoms with van der Waals surface area (Å²) in [6.45, 7) is 3.57. The fraction of sp³-hybridized carbons (Fsp3) is 1.00. The maximum absolute atomic E-state index is 10.2. The Morgan fingerprint density at radius 3 is 0.833 bits per heavy atom. The Morgan fingerprint density at radius 1 is 0.533 bits per heavy atom. The van der Waals surface area contributed by atoms with E-state index < -0.39 is 52.8 Å². The molecule has 0 saturated carbocycles. The second-order valence-corrected chi connectivity index (χ2v) is 5.84. The lowest BCUT2D eigenvalue weighted by molar-refractivity contribution is -0.680. The molecule has 0 fully saturated rings. The average molecular weight is 444 g/mol. The topological polar surface area (TPSA) is 209 Å². The zero-order valence-corrected chi connectivity index (χ0v) is 17.3. The largest absolute Gasteiger partial charge is 0.432 e. The van der Waals surface area contributed by atoms with Crippen LogP contribution in [-0.2, 0) is 18.9 Å². The van der Waals surface area contributed by atoms with E-state index in [1.807, 2.05) is 0 Å². The van der Waals surface area contributed by atoms with Crippen molar-refractivity contribution >= 4 is 0 Å². The van der Waals surface area contributed by atoms with Crippen LogP contribution < -0.4 is 0 Å². The molecule has 0 radical (unpaired) electrons. The summed E-state index contributed by atoms with van der Waals surface area (Å²) in [6, 6.07) is 0. The van der Waals surface area contributed by atoms with Gasteiger partial charge in [0.1, 0.15) is 0 Å². The standard InChI is InChI=1S/C9H20.C5H8N4O12/c1-5-9(6-2,7-3)8-4;10-6(11)1-18-5(19-2-7(12)13,20-3-8(14)15)21-4-9(16)17/h5-8H2,1-4H3;1-4H2. The molecule has 16 nitrogen and oxygen atoms in total. The summed E-state index contributed by atoms with van der Waals surface area (Å²) in [5, 5.41) is 40.7. The maximum atomic E-state index is 10.2. The molecule has 0 aliphatic carbocycles. The van der Waals surface area contributed by atoms with Gasteiger partial charge in [-0.2, -0.15) is 0 Å². The second kappa shape index (κ2) is 15.3. The molecule has 0 aliphatic heterocycles. The quantitative estimate of drug-likeness (QED) is 0.190. The lowest BCUT2D eigenvalue weighted by atomic mass is 9.78. The third kappa shape index (κ3) is 13.6. The van der Waals surface area contributed by atoms with Gasteiger partial charge in [-0.3, -0.25) is 40.5 Å². The zero-order valence-electron chi connectivity index (χ0n) is 17.3. The molecule has 30 heavy (non-hydrogen) atoms. The predicted octanol–water partition coefficient (Wildman–Crippen LogP) is 2.21. The molecule has 0 bridgehead atoms. The molecule has 0 N–H and O–H groups in total. The zero-order chi connectivity index (χ0) is 23.8. The molecular formula is C14H28N4O12. The van der Waals surface area contributed by atoms with Crippen LogP contribution in [0.4, 0.5) is 0 Å². The summed E-state index contributed by atoms with van der Waals surface area (Å²) in [5.74, 6) is 0. The summed E-state index contributed by atoms with van der Waals surface area (Å²) in [6.07, 6.45) is 2.24. The van der Waals surface area contributed by atoms with Crippen LogP contribution in [0.3, 0.4) is 0 Å². The Labute approximate surface area is 172 Å². The van der Waals surface area contributed by atoms with Crippen LogP contribution in [0.2, 0.25) is 0 Å². The van der Waals surface area contributed by atoms with Crippen LogP contribution in [0.25, 0.3) is 0 Å². The normalized spacial score (nSPS) is 11.3. The van der Waals surface area contributed by atoms with E-state index in [4.69, 9.17) is 0 Å². The molecule has 0 unspecified atom stereocenters. The van der Waals surface area contributed by atoms with Gasteiger partial charge in [0.15, 0.2) is 0 Å². The lowest BCUT2D eigenvalue weighted by Gasteiger charge is -2.28. The number of hydrogen-bond acceptors (Lipinski definition) is 12. The third-order valence-corrected chi connectivity index (χ3v) is 4.39. The van der Waals surface area contributed by atoms with Gasteiger partial charge in [-0.25, -0.2) is 18.9 Å². The van der Waals surface area contributed by atoms with E-state index in [-0.39, 0.29) is 0 Å². The Bertz CT molecular complexity index is 460. The van der Waals surface area contributed by atoms with Crippen molar-refractivity contribution in [2.24, 2.45) is 5.41 Å². The second-order valence-electron chi connectivity index (χ2n) is 5.84. The molecule has 0 heterocycles. The molecule has 0 aromatic heterocycles. The highest BCUT2D eigenvalue weighted by atomic mass is 17.0. The van der Waals surface area contributed by atoms with Crippen molar-refractivity contribution < 1.29 is 38.6 Å². The summed E-state index contributed by atoms with van der Waals surface area (Å²) < 4.78 is 17.1. The van der Waals surface area contributed by atoms with Crippen molar-refractivity contribution in [3.8, 4) is 0 Å². The summed E-state index contributed by atoms with van der Waals surface area (Å²) >= 11 is 0. The van der Waals surface area contributed by atoms with Crippen molar-refractivity contribution in [2.45, 2.75) is 59.5 Å². The molecule has 176 valence electrons. The van der Waals surface area contributed by atoms with Crippen LogP contribution in [0.5, 0.6) is 0 Å². The van der Waals surface area contributed by atoms with Crippen LogP contribution in [0.15, 0.2) is 0 Å². The summed E-state index contributed by atoms with van der Waals surface area (Å²) in [5.41, 5.74) is 0.667. The van der Waals surface area contributed by atoms with Gasteiger partial charge in [-0.05, 0) is 5.41 Å². The Morgan fingerprint density at radius 2 is 0.733 bits per heavy atom. The van der Waals surface area contributed by atoms with E-state index >= 15 is 0 Å². The van der Waals surface area contributed by atoms with Gasteiger partial charge < -0.3 is 0 Å². The SMILES string of the molecule is CCC(CC)(CC)CC.O=[N+]([O-])COC(OC[N+](=O)[O-])(OC[N+](=O)[O-])OC[N+](=O)[O-]. The minimum atomic E-state index is -3.14. The fourth-order valence-electron chi connectivity index (χ4n) is 2.28. The Hall–Kier alpha value is -2.56. The first-order valence-corrected chi connectivity index (χ1v) is 8.94. The van der Waals surface area contributed by atoms with Gasteiger partial charge in [-0.15, -0.1) is 0 Å². The molecule has 0 saturated heterocycles. The van der Waals surface area contributed by atoms with Crippen LogP contribution in [0.1, 0.15) is 53.4 Å². The predicted molar refractivity (Wildman–Crippen MR) is 98.1 cm³/mol. The van der Waals surface area contributed by atoms with E-state index in [0.29, 0.717) is 5.41 Å². The van der Waals surface area contributed by atoms with Crippen molar-refractivity contribution in [3.05, 3.63) is 40.5 Å². The number of ether oxygens (including phenoxy) is 4. The minimum Gasteiger partial charge on any atom is -0.262 e. The Kier molecular flexibility index (Phi) is 15.1. The highest BCUT2D eigenvalue weighted by molar-refractivity contribution is 4.72. The maximum Gasteiger partial charge on any atom is 0.432 e. The highest BCUT2D eigenvalue weighted by Crippen LogP contribution is 2.33. The number of hydrogen-bond donors (Lipinski definition) is 0. The van der Waals surface area contributed by atoms with E-state index in [2.05, 4.69) is 46.6 Å². The van der Waals surface area contributed by atoms with Gasteiger partial charge in [0, 0.05) is 19.7 Å². The van der Waals surface area contributed by atoms with Crippen molar-refractivity contribution in [3.63, 3.8) is 0 Å². The van der Waals surface area contributed by atoms with Gasteiger partial charge in [0.25, 0.3) is 0 Å². The van der Waals surface area contributed by atoms with Crippen molar-refractivity contribution in [1.82, 2.24) is 0 Å². The third-order valence-electron chi connectivity index (χ3n) is 4.39. The molecule has 0 atom stereocenters. The average Bonchev–Trinajstić information content (AvgIpc) is 2.69. The van der Waals surface area contributed by atoms with Crippen LogP contribution in [-0.4, -0.2) is 52.8 Å². The summed E-state index contributed by atoms with van der Waals surface area (Å²) in [7, 11) is 0. The van der Waals surface area contributed by atoms with Gasteiger partial charge >= 0.3 is 33.1 Å². The fourth-order valence-corrected chi connectivity index (χ4v) is 2.28. The van der Waals surface area contributed by atoms with Crippen molar-refractivity contribution in [1.29, 1.82) is 0 Å². The molecule has 0 spiro atoms. The summed E-state index contributed by atoms with van der Waals surface area (Å²) in [4.78, 5) is 36.3. The number of rotatable bonds is 16. The number of nitro groups is 4. The lowest BCUT2D eigenvalue weighted by Crippen LogP contribution is -2.46. The van der Waals surface area contributed by atoms with Gasteiger partial charge in [-0.1, -0.05) is 53.4 Å². The molecule has 0 aromatic carbocycles. The van der Waals surface area contributed by atoms with E-state index in [1.54, 1.807) is 0 Å². The van der Waals surface area contributed by atoms with Crippen LogP contribution in [0, 0.1) is 45.9 Å². The van der Waals surface area contributed by atoms with Crippen LogP contribution >= 0.6 is 0 Å². The minimum absolute atomic E-state index is 0.667. The van der Waals surface area contributed by atoms with Gasteiger partial charge in [0.2, 0.25) is 0 Å². The first-order valence-electron chi connectivity index (χ1n) is 8.94. The molecular weight excluding hydrogens is 416 g/mol. The molecule has 0 amide bonds. The van der Waals surface area contributed by atoms with Gasteiger partial charge in [0.05, 0.1) is 0 Å².